The van der Waals surface area contributed by atoms with Crippen LogP contribution in [-0.4, -0.2) is 16.8 Å². The largest absolute Gasteiger partial charge is 0.508 e. The molecule has 2 aliphatic rings. The summed E-state index contributed by atoms with van der Waals surface area (Å²) in [6, 6.07) is 7.30. The maximum atomic E-state index is 11.0. The smallest absolute Gasteiger partial charge is 0.138 e. The third kappa shape index (κ3) is 3.59. The van der Waals surface area contributed by atoms with Gasteiger partial charge in [0.25, 0.3) is 0 Å². The molecule has 2 aromatic rings. The molecule has 0 fully saturated rings. The Hall–Kier alpha value is -2.88. The zero-order chi connectivity index (χ0) is 20.7. The molecule has 0 saturated carbocycles. The summed E-state index contributed by atoms with van der Waals surface area (Å²) < 4.78 is 12.5. The summed E-state index contributed by atoms with van der Waals surface area (Å²) in [6.07, 6.45) is 5.33. The number of aromatic hydroxyl groups is 2. The number of phenols is 2. The number of hydrogen-bond acceptors (Lipinski definition) is 4. The Kier molecular flexibility index (Phi) is 5.03. The van der Waals surface area contributed by atoms with Crippen molar-refractivity contribution in [1.82, 2.24) is 0 Å². The second-order valence-electron chi connectivity index (χ2n) is 8.43. The molecule has 2 aromatic carbocycles. The first-order chi connectivity index (χ1) is 13.8. The minimum absolute atomic E-state index is 0.0789. The molecule has 4 rings (SSSR count). The van der Waals surface area contributed by atoms with Crippen molar-refractivity contribution in [2.75, 3.05) is 6.61 Å². The molecule has 4 heteroatoms. The van der Waals surface area contributed by atoms with Gasteiger partial charge in [0.2, 0.25) is 0 Å². The van der Waals surface area contributed by atoms with Gasteiger partial charge in [-0.15, -0.1) is 0 Å². The third-order valence-corrected chi connectivity index (χ3v) is 5.63. The van der Waals surface area contributed by atoms with E-state index < -0.39 is 0 Å². The van der Waals surface area contributed by atoms with Gasteiger partial charge in [-0.25, -0.2) is 0 Å². The van der Waals surface area contributed by atoms with Crippen molar-refractivity contribution in [2.24, 2.45) is 0 Å². The van der Waals surface area contributed by atoms with Gasteiger partial charge in [0, 0.05) is 22.8 Å². The van der Waals surface area contributed by atoms with Gasteiger partial charge in [0.15, 0.2) is 0 Å². The first-order valence-corrected chi connectivity index (χ1v) is 10.1. The number of ether oxygens (including phenoxy) is 2. The van der Waals surface area contributed by atoms with Crippen LogP contribution in [0.15, 0.2) is 47.6 Å². The van der Waals surface area contributed by atoms with E-state index >= 15 is 0 Å². The SMILES string of the molecule is CC(C)=CCc1cc2c(c(CC=C(C)C)c1O)OC[C@@H]1c3ccc(O)cc3O[C@@H]21. The zero-order valence-electron chi connectivity index (χ0n) is 17.5. The van der Waals surface area contributed by atoms with Crippen molar-refractivity contribution in [1.29, 1.82) is 0 Å². The first-order valence-electron chi connectivity index (χ1n) is 10.1. The highest BCUT2D eigenvalue weighted by atomic mass is 16.5. The Morgan fingerprint density at radius 1 is 1.00 bits per heavy atom. The molecule has 152 valence electrons. The Balaban J connectivity index is 1.82. The number of fused-ring (bicyclic) bond motifs is 5. The Morgan fingerprint density at radius 2 is 1.72 bits per heavy atom. The molecule has 2 N–H and O–H groups in total. The van der Waals surface area contributed by atoms with Gasteiger partial charge in [-0.2, -0.15) is 0 Å². The summed E-state index contributed by atoms with van der Waals surface area (Å²) in [4.78, 5) is 0. The van der Waals surface area contributed by atoms with Crippen LogP contribution in [0.1, 0.15) is 62.0 Å². The molecular formula is C25H28O4. The number of allylic oxidation sites excluding steroid dienone is 4. The number of phenolic OH excluding ortho intramolecular Hbond substituents is 2. The lowest BCUT2D eigenvalue weighted by Crippen LogP contribution is -2.24. The van der Waals surface area contributed by atoms with Crippen molar-refractivity contribution in [3.63, 3.8) is 0 Å². The van der Waals surface area contributed by atoms with Crippen LogP contribution in [0.25, 0.3) is 0 Å². The van der Waals surface area contributed by atoms with Gasteiger partial charge in [0.1, 0.15) is 29.1 Å². The van der Waals surface area contributed by atoms with E-state index in [0.29, 0.717) is 30.9 Å². The van der Waals surface area contributed by atoms with E-state index in [1.165, 1.54) is 11.1 Å². The fraction of sp³-hybridized carbons (Fsp3) is 0.360. The van der Waals surface area contributed by atoms with Gasteiger partial charge >= 0.3 is 0 Å². The van der Waals surface area contributed by atoms with E-state index in [4.69, 9.17) is 9.47 Å². The average Bonchev–Trinajstić information content (AvgIpc) is 3.03. The predicted molar refractivity (Wildman–Crippen MR) is 114 cm³/mol. The lowest BCUT2D eigenvalue weighted by molar-refractivity contribution is 0.138. The second-order valence-corrected chi connectivity index (χ2v) is 8.43. The minimum atomic E-state index is -0.174. The average molecular weight is 392 g/mol. The highest BCUT2D eigenvalue weighted by molar-refractivity contribution is 5.59. The van der Waals surface area contributed by atoms with Crippen molar-refractivity contribution >= 4 is 0 Å². The van der Waals surface area contributed by atoms with Crippen LogP contribution in [0.2, 0.25) is 0 Å². The molecule has 0 aliphatic carbocycles. The van der Waals surface area contributed by atoms with E-state index in [-0.39, 0.29) is 17.8 Å². The monoisotopic (exact) mass is 392 g/mol. The fourth-order valence-electron chi connectivity index (χ4n) is 4.09. The standard InChI is InChI=1S/C25H28O4/c1-14(2)5-7-16-11-20-24(19(23(16)27)9-6-15(3)4)28-13-21-18-10-8-17(26)12-22(18)29-25(20)21/h5-6,8,10-12,21,25-27H,7,9,13H2,1-4H3/t21-,25+/m1/s1. The van der Waals surface area contributed by atoms with E-state index in [0.717, 1.165) is 28.0 Å². The molecule has 2 atom stereocenters. The zero-order valence-corrected chi connectivity index (χ0v) is 17.5. The molecule has 2 aliphatic heterocycles. The molecule has 0 bridgehead atoms. The number of hydrogen-bond donors (Lipinski definition) is 2. The Bertz CT molecular complexity index is 1010. The molecule has 0 aromatic heterocycles. The molecular weight excluding hydrogens is 364 g/mol. The highest BCUT2D eigenvalue weighted by Crippen LogP contribution is 2.54. The molecule has 0 unspecified atom stereocenters. The molecule has 0 saturated heterocycles. The summed E-state index contributed by atoms with van der Waals surface area (Å²) >= 11 is 0. The van der Waals surface area contributed by atoms with Gasteiger partial charge in [-0.3, -0.25) is 0 Å². The Morgan fingerprint density at radius 3 is 2.45 bits per heavy atom. The Labute approximate surface area is 172 Å². The molecule has 0 amide bonds. The second kappa shape index (κ2) is 7.51. The van der Waals surface area contributed by atoms with Gasteiger partial charge in [0.05, 0.1) is 12.5 Å². The van der Waals surface area contributed by atoms with E-state index in [2.05, 4.69) is 39.8 Å². The predicted octanol–water partition coefficient (Wildman–Crippen LogP) is 5.72. The summed E-state index contributed by atoms with van der Waals surface area (Å²) in [5.74, 6) is 2.03. The highest BCUT2D eigenvalue weighted by Gasteiger charge is 2.42. The summed E-state index contributed by atoms with van der Waals surface area (Å²) in [5.41, 5.74) is 6.14. The number of benzene rings is 2. The van der Waals surface area contributed by atoms with E-state index in [1.807, 2.05) is 12.1 Å². The number of rotatable bonds is 4. The van der Waals surface area contributed by atoms with E-state index in [1.54, 1.807) is 12.1 Å². The maximum Gasteiger partial charge on any atom is 0.138 e. The molecule has 0 radical (unpaired) electrons. The van der Waals surface area contributed by atoms with Crippen LogP contribution < -0.4 is 9.47 Å². The quantitative estimate of drug-likeness (QED) is 0.653. The van der Waals surface area contributed by atoms with Crippen molar-refractivity contribution in [2.45, 2.75) is 52.6 Å². The van der Waals surface area contributed by atoms with Crippen LogP contribution in [0, 0.1) is 0 Å². The molecule has 0 spiro atoms. The van der Waals surface area contributed by atoms with Crippen LogP contribution in [0.5, 0.6) is 23.0 Å². The summed E-state index contributed by atoms with van der Waals surface area (Å²) in [5, 5.41) is 20.8. The molecule has 2 heterocycles. The van der Waals surface area contributed by atoms with Crippen LogP contribution >= 0.6 is 0 Å². The van der Waals surface area contributed by atoms with Gasteiger partial charge in [-0.1, -0.05) is 29.4 Å². The van der Waals surface area contributed by atoms with Gasteiger partial charge < -0.3 is 19.7 Å². The minimum Gasteiger partial charge on any atom is -0.508 e. The maximum absolute atomic E-state index is 11.0. The van der Waals surface area contributed by atoms with Crippen molar-refractivity contribution < 1.29 is 19.7 Å². The fourth-order valence-corrected chi connectivity index (χ4v) is 4.09. The molecule has 4 nitrogen and oxygen atoms in total. The van der Waals surface area contributed by atoms with Gasteiger partial charge in [-0.05, 0) is 58.2 Å². The normalized spacial score (nSPS) is 18.6. The lowest BCUT2D eigenvalue weighted by Gasteiger charge is -2.30. The van der Waals surface area contributed by atoms with Crippen LogP contribution in [0.4, 0.5) is 0 Å². The topological polar surface area (TPSA) is 58.9 Å². The first kappa shape index (κ1) is 19.4. The molecule has 29 heavy (non-hydrogen) atoms. The van der Waals surface area contributed by atoms with E-state index in [9.17, 15) is 10.2 Å². The van der Waals surface area contributed by atoms with Crippen LogP contribution in [0.3, 0.4) is 0 Å². The summed E-state index contributed by atoms with van der Waals surface area (Å²) in [7, 11) is 0. The third-order valence-electron chi connectivity index (χ3n) is 5.63. The summed E-state index contributed by atoms with van der Waals surface area (Å²) in [6.45, 7) is 8.71. The van der Waals surface area contributed by atoms with Crippen molar-refractivity contribution in [3.05, 3.63) is 69.8 Å². The van der Waals surface area contributed by atoms with Crippen LogP contribution in [-0.2, 0) is 12.8 Å². The van der Waals surface area contributed by atoms with Crippen molar-refractivity contribution in [3.8, 4) is 23.0 Å². The lowest BCUT2D eigenvalue weighted by atomic mass is 9.86.